The first-order chi connectivity index (χ1) is 9.42. The minimum Gasteiger partial charge on any atom is -0.480 e. The van der Waals surface area contributed by atoms with Crippen LogP contribution in [0.25, 0.3) is 0 Å². The number of carboxylic acids is 1. The molecule has 2 atom stereocenters. The van der Waals surface area contributed by atoms with Gasteiger partial charge in [0.25, 0.3) is 0 Å². The number of hydrogen-bond donors (Lipinski definition) is 2. The molecule has 6 heteroatoms. The Balaban J connectivity index is 2.60. The summed E-state index contributed by atoms with van der Waals surface area (Å²) >= 11 is 0. The van der Waals surface area contributed by atoms with E-state index in [1.165, 1.54) is 24.3 Å². The molecule has 0 radical (unpaired) electrons. The Morgan fingerprint density at radius 3 is 2.50 bits per heavy atom. The number of halogens is 1. The van der Waals surface area contributed by atoms with E-state index in [-0.39, 0.29) is 12.8 Å². The number of benzene rings is 1. The molecule has 1 aromatic rings. The predicted octanol–water partition coefficient (Wildman–Crippen LogP) is 1.49. The number of rotatable bonds is 6. The van der Waals surface area contributed by atoms with E-state index < -0.39 is 29.7 Å². The van der Waals surface area contributed by atoms with E-state index >= 15 is 0 Å². The third kappa shape index (κ3) is 5.06. The Bertz CT molecular complexity index is 522. The monoisotopic (exact) mass is 278 g/mol. The molecule has 0 aliphatic heterocycles. The Kier molecular flexibility index (Phi) is 5.66. The van der Waals surface area contributed by atoms with Gasteiger partial charge in [0.1, 0.15) is 11.9 Å². The zero-order valence-corrected chi connectivity index (χ0v) is 11.0. The van der Waals surface area contributed by atoms with Gasteiger partial charge < -0.3 is 10.4 Å². The van der Waals surface area contributed by atoms with Crippen LogP contribution in [0.1, 0.15) is 18.9 Å². The summed E-state index contributed by atoms with van der Waals surface area (Å²) in [4.78, 5) is 22.7. The van der Waals surface area contributed by atoms with Crippen LogP contribution in [0.5, 0.6) is 0 Å². The van der Waals surface area contributed by atoms with Crippen molar-refractivity contribution in [3.63, 3.8) is 0 Å². The van der Waals surface area contributed by atoms with Crippen LogP contribution < -0.4 is 5.32 Å². The minimum atomic E-state index is -1.18. The average molecular weight is 278 g/mol. The molecule has 20 heavy (non-hydrogen) atoms. The van der Waals surface area contributed by atoms with Crippen LogP contribution in [0.4, 0.5) is 4.39 Å². The molecule has 0 saturated carbocycles. The smallest absolute Gasteiger partial charge is 0.326 e. The number of amides is 1. The number of aliphatic carboxylic acids is 1. The van der Waals surface area contributed by atoms with E-state index in [1.54, 1.807) is 6.92 Å². The van der Waals surface area contributed by atoms with Crippen molar-refractivity contribution < 1.29 is 19.1 Å². The van der Waals surface area contributed by atoms with Gasteiger partial charge in [0.05, 0.1) is 12.5 Å². The lowest BCUT2D eigenvalue weighted by Gasteiger charge is -2.15. The third-order valence-corrected chi connectivity index (χ3v) is 2.72. The molecule has 0 unspecified atom stereocenters. The largest absolute Gasteiger partial charge is 0.480 e. The molecule has 0 aliphatic rings. The maximum Gasteiger partial charge on any atom is 0.326 e. The number of carboxylic acid groups (broad SMARTS) is 1. The molecule has 1 amide bonds. The topological polar surface area (TPSA) is 90.2 Å². The van der Waals surface area contributed by atoms with E-state index in [9.17, 15) is 14.0 Å². The molecule has 0 aliphatic carbocycles. The van der Waals surface area contributed by atoms with Crippen LogP contribution in [0.3, 0.4) is 0 Å². The zero-order valence-electron chi connectivity index (χ0n) is 11.0. The summed E-state index contributed by atoms with van der Waals surface area (Å²) in [6, 6.07) is 6.21. The van der Waals surface area contributed by atoms with Crippen LogP contribution >= 0.6 is 0 Å². The quantitative estimate of drug-likeness (QED) is 0.824. The van der Waals surface area contributed by atoms with Gasteiger partial charge in [-0.3, -0.25) is 4.79 Å². The van der Waals surface area contributed by atoms with Gasteiger partial charge >= 0.3 is 5.97 Å². The molecular formula is C14H15FN2O3. The van der Waals surface area contributed by atoms with E-state index in [2.05, 4.69) is 5.32 Å². The Hall–Kier alpha value is -2.42. The van der Waals surface area contributed by atoms with Gasteiger partial charge in [-0.25, -0.2) is 9.18 Å². The average Bonchev–Trinajstić information content (AvgIpc) is 2.40. The maximum absolute atomic E-state index is 12.7. The Morgan fingerprint density at radius 1 is 1.40 bits per heavy atom. The van der Waals surface area contributed by atoms with Crippen molar-refractivity contribution in [2.24, 2.45) is 5.92 Å². The van der Waals surface area contributed by atoms with Crippen LogP contribution in [-0.2, 0) is 16.0 Å². The van der Waals surface area contributed by atoms with E-state index in [0.29, 0.717) is 5.56 Å². The standard InChI is InChI=1S/C14H15FN2O3/c1-9(8-16)6-12(14(19)20)17-13(18)7-10-2-4-11(15)5-3-10/h2-5,9,12H,6-7H2,1H3,(H,17,18)(H,19,20)/t9-,12-/m0/s1. The predicted molar refractivity (Wildman–Crippen MR) is 69.1 cm³/mol. The molecule has 0 saturated heterocycles. The van der Waals surface area contributed by atoms with Crippen molar-refractivity contribution in [1.82, 2.24) is 5.32 Å². The van der Waals surface area contributed by atoms with Gasteiger partial charge in [-0.15, -0.1) is 0 Å². The maximum atomic E-state index is 12.7. The normalized spacial score (nSPS) is 13.1. The van der Waals surface area contributed by atoms with Gasteiger partial charge in [0, 0.05) is 5.92 Å². The summed E-state index contributed by atoms with van der Waals surface area (Å²) < 4.78 is 12.7. The third-order valence-electron chi connectivity index (χ3n) is 2.72. The van der Waals surface area contributed by atoms with E-state index in [4.69, 9.17) is 10.4 Å². The van der Waals surface area contributed by atoms with Gasteiger partial charge in [0.2, 0.25) is 5.91 Å². The van der Waals surface area contributed by atoms with Crippen molar-refractivity contribution >= 4 is 11.9 Å². The first-order valence-corrected chi connectivity index (χ1v) is 6.08. The van der Waals surface area contributed by atoms with Gasteiger partial charge in [-0.2, -0.15) is 5.26 Å². The Labute approximate surface area is 116 Å². The highest BCUT2D eigenvalue weighted by atomic mass is 19.1. The van der Waals surface area contributed by atoms with Crippen molar-refractivity contribution in [2.45, 2.75) is 25.8 Å². The lowest BCUT2D eigenvalue weighted by atomic mass is 10.0. The molecule has 5 nitrogen and oxygen atoms in total. The van der Waals surface area contributed by atoms with Crippen molar-refractivity contribution in [3.8, 4) is 6.07 Å². The number of hydrogen-bond acceptors (Lipinski definition) is 3. The molecule has 0 heterocycles. The summed E-state index contributed by atoms with van der Waals surface area (Å²) in [5.74, 6) is -2.53. The summed E-state index contributed by atoms with van der Waals surface area (Å²) in [6.45, 7) is 1.59. The zero-order chi connectivity index (χ0) is 15.1. The summed E-state index contributed by atoms with van der Waals surface area (Å²) in [5.41, 5.74) is 0.585. The molecule has 1 rings (SSSR count). The van der Waals surface area contributed by atoms with Crippen LogP contribution in [0.15, 0.2) is 24.3 Å². The highest BCUT2D eigenvalue weighted by Gasteiger charge is 2.22. The van der Waals surface area contributed by atoms with Crippen LogP contribution in [0, 0.1) is 23.1 Å². The first-order valence-electron chi connectivity index (χ1n) is 6.08. The highest BCUT2D eigenvalue weighted by molar-refractivity contribution is 5.84. The SMILES string of the molecule is C[C@H](C#N)C[C@H](NC(=O)Cc1ccc(F)cc1)C(=O)O. The summed E-state index contributed by atoms with van der Waals surface area (Å²) in [6.07, 6.45) is 0.00594. The highest BCUT2D eigenvalue weighted by Crippen LogP contribution is 2.07. The van der Waals surface area contributed by atoms with Crippen molar-refractivity contribution in [2.75, 3.05) is 0 Å². The number of carbonyl (C=O) groups excluding carboxylic acids is 1. The van der Waals surface area contributed by atoms with Gasteiger partial charge in [0.15, 0.2) is 0 Å². The van der Waals surface area contributed by atoms with Crippen molar-refractivity contribution in [1.29, 1.82) is 5.26 Å². The number of nitrogens with zero attached hydrogens (tertiary/aromatic N) is 1. The molecule has 0 bridgehead atoms. The molecular weight excluding hydrogens is 263 g/mol. The summed E-state index contributed by atoms with van der Waals surface area (Å²) in [5, 5.41) is 20.0. The fraction of sp³-hybridized carbons (Fsp3) is 0.357. The van der Waals surface area contributed by atoms with Crippen LogP contribution in [-0.4, -0.2) is 23.0 Å². The van der Waals surface area contributed by atoms with E-state index in [1.807, 2.05) is 6.07 Å². The number of carbonyl (C=O) groups is 2. The molecule has 1 aromatic carbocycles. The second kappa shape index (κ2) is 7.24. The first kappa shape index (κ1) is 15.6. The fourth-order valence-corrected chi connectivity index (χ4v) is 1.66. The summed E-state index contributed by atoms with van der Waals surface area (Å²) in [7, 11) is 0. The number of nitrogens with one attached hydrogen (secondary N) is 1. The van der Waals surface area contributed by atoms with Gasteiger partial charge in [-0.05, 0) is 31.0 Å². The van der Waals surface area contributed by atoms with Crippen molar-refractivity contribution in [3.05, 3.63) is 35.6 Å². The second-order valence-electron chi connectivity index (χ2n) is 4.53. The molecule has 0 aromatic heterocycles. The van der Waals surface area contributed by atoms with Crippen LogP contribution in [0.2, 0.25) is 0 Å². The molecule has 0 fully saturated rings. The van der Waals surface area contributed by atoms with Gasteiger partial charge in [-0.1, -0.05) is 12.1 Å². The minimum absolute atomic E-state index is 0.0367. The lowest BCUT2D eigenvalue weighted by Crippen LogP contribution is -2.42. The Morgan fingerprint density at radius 2 is 2.00 bits per heavy atom. The number of nitriles is 1. The second-order valence-corrected chi connectivity index (χ2v) is 4.53. The molecule has 2 N–H and O–H groups in total. The van der Waals surface area contributed by atoms with E-state index in [0.717, 1.165) is 0 Å². The molecule has 0 spiro atoms. The molecule has 106 valence electrons. The fourth-order valence-electron chi connectivity index (χ4n) is 1.66. The lowest BCUT2D eigenvalue weighted by molar-refractivity contribution is -0.142.